The maximum Gasteiger partial charge on any atom is 0.254 e. The van der Waals surface area contributed by atoms with E-state index >= 15 is 0 Å². The summed E-state index contributed by atoms with van der Waals surface area (Å²) < 4.78 is 0. The highest BCUT2D eigenvalue weighted by molar-refractivity contribution is 6.35. The Balaban J connectivity index is 1.67. The van der Waals surface area contributed by atoms with Crippen molar-refractivity contribution in [1.29, 1.82) is 0 Å². The molecule has 7 nitrogen and oxygen atoms in total. The summed E-state index contributed by atoms with van der Waals surface area (Å²) in [5.74, 6) is 0.0131. The van der Waals surface area contributed by atoms with Crippen LogP contribution in [0.1, 0.15) is 15.9 Å². The molecular weight excluding hydrogens is 388 g/mol. The van der Waals surface area contributed by atoms with Gasteiger partial charge in [-0.15, -0.1) is 0 Å². The van der Waals surface area contributed by atoms with E-state index in [9.17, 15) is 4.79 Å². The molecule has 0 atom stereocenters. The van der Waals surface area contributed by atoms with Gasteiger partial charge in [-0.3, -0.25) is 4.79 Å². The van der Waals surface area contributed by atoms with Crippen LogP contribution in [0, 0.1) is 0 Å². The molecule has 146 valence electrons. The van der Waals surface area contributed by atoms with Gasteiger partial charge in [-0.05, 0) is 29.3 Å². The SMILES string of the molecule is [N-]=[N+]=NCc1ccc(-c2cc(Cl)c3ccc(C(=O)N4CCNCC4)cc3n2)cc1. The lowest BCUT2D eigenvalue weighted by Gasteiger charge is -2.27. The van der Waals surface area contributed by atoms with Crippen molar-refractivity contribution in [2.75, 3.05) is 26.2 Å². The van der Waals surface area contributed by atoms with Gasteiger partial charge in [-0.2, -0.15) is 0 Å². The first-order valence-electron chi connectivity index (χ1n) is 9.36. The predicted molar refractivity (Wildman–Crippen MR) is 114 cm³/mol. The van der Waals surface area contributed by atoms with Gasteiger partial charge in [0.2, 0.25) is 0 Å². The lowest BCUT2D eigenvalue weighted by molar-refractivity contribution is 0.0736. The number of rotatable bonds is 4. The molecule has 1 aliphatic rings. The third-order valence-electron chi connectivity index (χ3n) is 4.98. The zero-order valence-corrected chi connectivity index (χ0v) is 16.4. The molecule has 8 heteroatoms. The Morgan fingerprint density at radius 3 is 2.66 bits per heavy atom. The Hall–Kier alpha value is -3.12. The summed E-state index contributed by atoms with van der Waals surface area (Å²) in [6, 6.07) is 14.9. The molecule has 1 aliphatic heterocycles. The third-order valence-corrected chi connectivity index (χ3v) is 5.29. The summed E-state index contributed by atoms with van der Waals surface area (Å²) in [6.07, 6.45) is 0. The molecule has 0 saturated carbocycles. The number of carbonyl (C=O) groups is 1. The van der Waals surface area contributed by atoms with E-state index in [1.54, 1.807) is 0 Å². The van der Waals surface area contributed by atoms with Gasteiger partial charge in [0.25, 0.3) is 5.91 Å². The minimum absolute atomic E-state index is 0.0131. The first-order chi connectivity index (χ1) is 14.2. The first-order valence-corrected chi connectivity index (χ1v) is 9.74. The second-order valence-corrected chi connectivity index (χ2v) is 7.26. The predicted octanol–water partition coefficient (Wildman–Crippen LogP) is 4.41. The lowest BCUT2D eigenvalue weighted by atomic mass is 10.1. The molecule has 29 heavy (non-hydrogen) atoms. The van der Waals surface area contributed by atoms with Gasteiger partial charge in [0, 0.05) is 47.6 Å². The summed E-state index contributed by atoms with van der Waals surface area (Å²) >= 11 is 6.49. The number of azide groups is 1. The average molecular weight is 407 g/mol. The number of carbonyl (C=O) groups excluding carboxylic acids is 1. The standard InChI is InChI=1S/C21H19ClN6O/c22-18-12-19(15-3-1-14(2-4-15)13-25-27-23)26-20-11-16(5-6-17(18)20)21(29)28-9-7-24-8-10-28/h1-6,11-12,24H,7-10,13H2. The van der Waals surface area contributed by atoms with Crippen LogP contribution >= 0.6 is 11.6 Å². The summed E-state index contributed by atoms with van der Waals surface area (Å²) in [4.78, 5) is 22.2. The van der Waals surface area contributed by atoms with Crippen molar-refractivity contribution in [1.82, 2.24) is 15.2 Å². The van der Waals surface area contributed by atoms with Crippen molar-refractivity contribution in [3.05, 3.63) is 75.1 Å². The Morgan fingerprint density at radius 2 is 1.93 bits per heavy atom. The maximum absolute atomic E-state index is 12.8. The van der Waals surface area contributed by atoms with Crippen molar-refractivity contribution in [2.24, 2.45) is 5.11 Å². The van der Waals surface area contributed by atoms with Crippen LogP contribution in [0.3, 0.4) is 0 Å². The number of nitrogens with one attached hydrogen (secondary N) is 1. The third kappa shape index (κ3) is 4.17. The molecule has 1 amide bonds. The number of piperazine rings is 1. The highest BCUT2D eigenvalue weighted by Crippen LogP contribution is 2.29. The number of pyridine rings is 1. The van der Waals surface area contributed by atoms with Gasteiger partial charge in [0.1, 0.15) is 0 Å². The van der Waals surface area contributed by atoms with Crippen LogP contribution in [0.5, 0.6) is 0 Å². The van der Waals surface area contributed by atoms with Gasteiger partial charge < -0.3 is 10.2 Å². The minimum atomic E-state index is 0.0131. The fourth-order valence-electron chi connectivity index (χ4n) is 3.41. The number of hydrogen-bond donors (Lipinski definition) is 1. The first kappa shape index (κ1) is 19.2. The van der Waals surface area contributed by atoms with Crippen molar-refractivity contribution in [2.45, 2.75) is 6.54 Å². The zero-order chi connectivity index (χ0) is 20.2. The molecule has 2 aromatic carbocycles. The van der Waals surface area contributed by atoms with Crippen LogP contribution in [0.4, 0.5) is 0 Å². The van der Waals surface area contributed by atoms with E-state index in [0.717, 1.165) is 35.3 Å². The lowest BCUT2D eigenvalue weighted by Crippen LogP contribution is -2.46. The van der Waals surface area contributed by atoms with Gasteiger partial charge in [0.15, 0.2) is 0 Å². The highest BCUT2D eigenvalue weighted by Gasteiger charge is 2.18. The van der Waals surface area contributed by atoms with E-state index in [1.807, 2.05) is 53.4 Å². The van der Waals surface area contributed by atoms with Gasteiger partial charge in [-0.1, -0.05) is 47.0 Å². The van der Waals surface area contributed by atoms with E-state index in [2.05, 4.69) is 15.3 Å². The number of benzene rings is 2. The second kappa shape index (κ2) is 8.49. The number of halogens is 1. The van der Waals surface area contributed by atoms with Crippen LogP contribution in [-0.2, 0) is 6.54 Å². The topological polar surface area (TPSA) is 94.0 Å². The molecule has 1 fully saturated rings. The van der Waals surface area contributed by atoms with Crippen molar-refractivity contribution in [3.8, 4) is 11.3 Å². The Kier molecular flexibility index (Phi) is 5.62. The van der Waals surface area contributed by atoms with E-state index in [0.29, 0.717) is 35.7 Å². The largest absolute Gasteiger partial charge is 0.336 e. The highest BCUT2D eigenvalue weighted by atomic mass is 35.5. The minimum Gasteiger partial charge on any atom is -0.336 e. The molecule has 4 rings (SSSR count). The smallest absolute Gasteiger partial charge is 0.254 e. The summed E-state index contributed by atoms with van der Waals surface area (Å²) in [6.45, 7) is 3.33. The van der Waals surface area contributed by atoms with Crippen LogP contribution in [0.2, 0.25) is 5.02 Å². The molecule has 0 bridgehead atoms. The number of amides is 1. The number of fused-ring (bicyclic) bond motifs is 1. The number of nitrogens with zero attached hydrogens (tertiary/aromatic N) is 5. The number of hydrogen-bond acceptors (Lipinski definition) is 4. The summed E-state index contributed by atoms with van der Waals surface area (Å²) in [5, 5.41) is 8.22. The van der Waals surface area contributed by atoms with Crippen molar-refractivity contribution in [3.63, 3.8) is 0 Å². The van der Waals surface area contributed by atoms with Crippen LogP contribution in [-0.4, -0.2) is 42.0 Å². The number of aromatic nitrogens is 1. The monoisotopic (exact) mass is 406 g/mol. The Bertz CT molecular complexity index is 1100. The summed E-state index contributed by atoms with van der Waals surface area (Å²) in [5.41, 5.74) is 12.3. The van der Waals surface area contributed by atoms with Gasteiger partial charge >= 0.3 is 0 Å². The van der Waals surface area contributed by atoms with E-state index < -0.39 is 0 Å². The molecular formula is C21H19ClN6O. The molecule has 0 unspecified atom stereocenters. The summed E-state index contributed by atoms with van der Waals surface area (Å²) in [7, 11) is 0. The Labute approximate surface area is 172 Å². The van der Waals surface area contributed by atoms with Crippen LogP contribution in [0.25, 0.3) is 32.6 Å². The van der Waals surface area contributed by atoms with Crippen LogP contribution in [0.15, 0.2) is 53.6 Å². The fraction of sp³-hybridized carbons (Fsp3) is 0.238. The quantitative estimate of drug-likeness (QED) is 0.395. The van der Waals surface area contributed by atoms with E-state index in [-0.39, 0.29) is 5.91 Å². The molecule has 0 spiro atoms. The molecule has 0 aliphatic carbocycles. The maximum atomic E-state index is 12.8. The van der Waals surface area contributed by atoms with E-state index in [4.69, 9.17) is 22.1 Å². The molecule has 0 radical (unpaired) electrons. The van der Waals surface area contributed by atoms with Crippen molar-refractivity contribution >= 4 is 28.4 Å². The molecule has 2 heterocycles. The van der Waals surface area contributed by atoms with Crippen LogP contribution < -0.4 is 5.32 Å². The fourth-order valence-corrected chi connectivity index (χ4v) is 3.67. The normalized spacial score (nSPS) is 13.9. The van der Waals surface area contributed by atoms with Gasteiger partial charge in [-0.25, -0.2) is 4.98 Å². The Morgan fingerprint density at radius 1 is 1.17 bits per heavy atom. The molecule has 1 saturated heterocycles. The molecule has 1 N–H and O–H groups in total. The zero-order valence-electron chi connectivity index (χ0n) is 15.7. The van der Waals surface area contributed by atoms with Gasteiger partial charge in [0.05, 0.1) is 22.8 Å². The average Bonchev–Trinajstić information content (AvgIpc) is 2.77. The molecule has 1 aromatic heterocycles. The second-order valence-electron chi connectivity index (χ2n) is 6.85. The molecule has 3 aromatic rings. The van der Waals surface area contributed by atoms with E-state index in [1.165, 1.54) is 0 Å². The van der Waals surface area contributed by atoms with Crippen molar-refractivity contribution < 1.29 is 4.79 Å².